The Kier molecular flexibility index (Phi) is 6.80. The molecule has 0 atom stereocenters. The van der Waals surface area contributed by atoms with Crippen LogP contribution in [0.4, 0.5) is 5.69 Å². The van der Waals surface area contributed by atoms with Gasteiger partial charge in [-0.05, 0) is 37.7 Å². The molecule has 0 bridgehead atoms. The molecule has 2 heterocycles. The summed E-state index contributed by atoms with van der Waals surface area (Å²) in [6.45, 7) is 7.24. The van der Waals surface area contributed by atoms with Crippen LogP contribution in [0.2, 0.25) is 5.02 Å². The maximum absolute atomic E-state index is 12.5. The summed E-state index contributed by atoms with van der Waals surface area (Å²) < 4.78 is 0. The van der Waals surface area contributed by atoms with Gasteiger partial charge in [-0.1, -0.05) is 60.1 Å². The third kappa shape index (κ3) is 5.37. The van der Waals surface area contributed by atoms with Crippen molar-refractivity contribution in [2.75, 3.05) is 30.7 Å². The molecule has 0 aliphatic carbocycles. The minimum Gasteiger partial charge on any atom is -0.325 e. The third-order valence-corrected chi connectivity index (χ3v) is 6.95. The fourth-order valence-electron chi connectivity index (χ4n) is 3.84. The highest BCUT2D eigenvalue weighted by Crippen LogP contribution is 2.35. The topological polar surface area (TPSA) is 57.1 Å². The van der Waals surface area contributed by atoms with Gasteiger partial charge in [0.05, 0.1) is 11.5 Å². The van der Waals surface area contributed by atoms with E-state index in [-0.39, 0.29) is 11.7 Å². The first-order valence-electron chi connectivity index (χ1n) is 10.6. The number of thioether (sulfide) groups is 1. The van der Waals surface area contributed by atoms with Crippen molar-refractivity contribution in [1.82, 2.24) is 4.90 Å². The Bertz CT molecular complexity index is 993. The van der Waals surface area contributed by atoms with Gasteiger partial charge < -0.3 is 10.2 Å². The Labute approximate surface area is 193 Å². The van der Waals surface area contributed by atoms with Gasteiger partial charge in [0, 0.05) is 42.2 Å². The lowest BCUT2D eigenvalue weighted by molar-refractivity contribution is -0.113. The van der Waals surface area contributed by atoms with E-state index < -0.39 is 5.66 Å². The van der Waals surface area contributed by atoms with Crippen LogP contribution >= 0.6 is 23.4 Å². The molecule has 162 valence electrons. The fourth-order valence-corrected chi connectivity index (χ4v) is 4.84. The zero-order valence-electron chi connectivity index (χ0n) is 17.9. The maximum atomic E-state index is 12.5. The highest BCUT2D eigenvalue weighted by molar-refractivity contribution is 8.16. The Hall–Kier alpha value is -2.15. The monoisotopic (exact) mass is 454 g/mol. The second-order valence-corrected chi connectivity index (χ2v) is 9.40. The van der Waals surface area contributed by atoms with Gasteiger partial charge in [0.25, 0.3) is 0 Å². The van der Waals surface area contributed by atoms with E-state index in [1.165, 1.54) is 11.8 Å². The van der Waals surface area contributed by atoms with Crippen LogP contribution in [0.25, 0.3) is 0 Å². The van der Waals surface area contributed by atoms with Crippen LogP contribution in [0.15, 0.2) is 58.5 Å². The number of nitrogens with one attached hydrogen (secondary N) is 1. The lowest BCUT2D eigenvalue weighted by atomic mass is 9.98. The lowest BCUT2D eigenvalue weighted by Crippen LogP contribution is -2.41. The number of aryl methyl sites for hydroxylation is 1. The van der Waals surface area contributed by atoms with Crippen LogP contribution in [-0.4, -0.2) is 52.6 Å². The summed E-state index contributed by atoms with van der Waals surface area (Å²) in [5.74, 6) is 0.241. The van der Waals surface area contributed by atoms with Gasteiger partial charge in [-0.3, -0.25) is 9.79 Å². The van der Waals surface area contributed by atoms with Gasteiger partial charge in [-0.2, -0.15) is 0 Å². The number of amides is 1. The highest BCUT2D eigenvalue weighted by atomic mass is 35.5. The number of hydrogen-bond donors (Lipinski definition) is 1. The molecule has 0 saturated carbocycles. The molecule has 2 aliphatic rings. The molecule has 1 fully saturated rings. The zero-order chi connectivity index (χ0) is 21.8. The summed E-state index contributed by atoms with van der Waals surface area (Å²) in [6.07, 6.45) is 1.80. The predicted molar refractivity (Wildman–Crippen MR) is 132 cm³/mol. The van der Waals surface area contributed by atoms with Crippen molar-refractivity contribution in [1.29, 1.82) is 0 Å². The second-order valence-electron chi connectivity index (χ2n) is 8.00. The zero-order valence-corrected chi connectivity index (χ0v) is 19.5. The smallest absolute Gasteiger partial charge is 0.234 e. The van der Waals surface area contributed by atoms with Gasteiger partial charge >= 0.3 is 0 Å². The standard InChI is InChI=1S/C24H27ClN4OS/c1-3-29-14-12-24(13-15-29)27-22(18-6-8-19(25)9-7-18)23(28-24)31-16-21(30)26-20-10-4-17(2)5-11-20/h4-11H,3,12-16H2,1-2H3,(H,26,30). The normalized spacial score (nSPS) is 18.0. The van der Waals surface area contributed by atoms with Crippen LogP contribution in [0.5, 0.6) is 0 Å². The van der Waals surface area contributed by atoms with Crippen LogP contribution < -0.4 is 5.32 Å². The minimum atomic E-state index is -0.406. The summed E-state index contributed by atoms with van der Waals surface area (Å²) in [7, 11) is 0. The molecule has 2 aromatic carbocycles. The van der Waals surface area contributed by atoms with Crippen molar-refractivity contribution in [3.05, 3.63) is 64.7 Å². The van der Waals surface area contributed by atoms with Gasteiger partial charge in [0.1, 0.15) is 5.04 Å². The number of hydrogen-bond acceptors (Lipinski definition) is 5. The molecule has 1 amide bonds. The summed E-state index contributed by atoms with van der Waals surface area (Å²) >= 11 is 7.54. The molecule has 2 aromatic rings. The Morgan fingerprint density at radius 3 is 2.42 bits per heavy atom. The van der Waals surface area contributed by atoms with E-state index in [4.69, 9.17) is 21.6 Å². The molecule has 1 N–H and O–H groups in total. The molecule has 1 saturated heterocycles. The molecular weight excluding hydrogens is 428 g/mol. The van der Waals surface area contributed by atoms with Gasteiger partial charge in [-0.15, -0.1) is 0 Å². The maximum Gasteiger partial charge on any atom is 0.234 e. The van der Waals surface area contributed by atoms with Crippen molar-refractivity contribution in [2.24, 2.45) is 9.98 Å². The van der Waals surface area contributed by atoms with E-state index in [0.717, 1.165) is 60.0 Å². The number of carbonyl (C=O) groups is 1. The summed E-state index contributed by atoms with van der Waals surface area (Å²) in [5, 5.41) is 4.49. The number of benzene rings is 2. The van der Waals surface area contributed by atoms with Crippen molar-refractivity contribution in [3.63, 3.8) is 0 Å². The minimum absolute atomic E-state index is 0.0474. The first kappa shape index (κ1) is 22.1. The van der Waals surface area contributed by atoms with Crippen LogP contribution in [0.3, 0.4) is 0 Å². The van der Waals surface area contributed by atoms with E-state index in [2.05, 4.69) is 17.1 Å². The molecule has 2 aliphatic heterocycles. The SMILES string of the molecule is CCN1CCC2(CC1)N=C(SCC(=O)Nc1ccc(C)cc1)C(c1ccc(Cl)cc1)=N2. The third-order valence-electron chi connectivity index (χ3n) is 5.73. The van der Waals surface area contributed by atoms with Gasteiger partial charge in [-0.25, -0.2) is 4.99 Å². The Morgan fingerprint density at radius 1 is 1.10 bits per heavy atom. The molecule has 31 heavy (non-hydrogen) atoms. The number of nitrogens with zero attached hydrogens (tertiary/aromatic N) is 3. The Morgan fingerprint density at radius 2 is 1.77 bits per heavy atom. The van der Waals surface area contributed by atoms with Gasteiger partial charge in [0.2, 0.25) is 5.91 Å². The van der Waals surface area contributed by atoms with E-state index in [0.29, 0.717) is 5.02 Å². The second kappa shape index (κ2) is 9.55. The molecule has 5 nitrogen and oxygen atoms in total. The number of anilines is 1. The van der Waals surface area contributed by atoms with E-state index in [9.17, 15) is 4.79 Å². The van der Waals surface area contributed by atoms with Crippen molar-refractivity contribution < 1.29 is 4.79 Å². The molecule has 0 aromatic heterocycles. The van der Waals surface area contributed by atoms with Crippen LogP contribution in [0, 0.1) is 6.92 Å². The molecule has 4 rings (SSSR count). The summed E-state index contributed by atoms with van der Waals surface area (Å²) in [5.41, 5.74) is 3.42. The highest BCUT2D eigenvalue weighted by Gasteiger charge is 2.39. The average Bonchev–Trinajstić information content (AvgIpc) is 3.13. The van der Waals surface area contributed by atoms with Crippen molar-refractivity contribution >= 4 is 45.7 Å². The first-order valence-corrected chi connectivity index (χ1v) is 12.0. The molecule has 7 heteroatoms. The number of piperidine rings is 1. The van der Waals surface area contributed by atoms with Crippen molar-refractivity contribution in [3.8, 4) is 0 Å². The first-order chi connectivity index (χ1) is 15.0. The predicted octanol–water partition coefficient (Wildman–Crippen LogP) is 5.03. The molecule has 1 spiro atoms. The number of rotatable bonds is 5. The van der Waals surface area contributed by atoms with Crippen LogP contribution in [0.1, 0.15) is 30.9 Å². The fraction of sp³-hybridized carbons (Fsp3) is 0.375. The summed E-state index contributed by atoms with van der Waals surface area (Å²) in [4.78, 5) is 25.1. The quantitative estimate of drug-likeness (QED) is 0.689. The molecule has 0 radical (unpaired) electrons. The summed E-state index contributed by atoms with van der Waals surface area (Å²) in [6, 6.07) is 15.5. The van der Waals surface area contributed by atoms with E-state index in [1.54, 1.807) is 0 Å². The van der Waals surface area contributed by atoms with Gasteiger partial charge in [0.15, 0.2) is 5.66 Å². The lowest BCUT2D eigenvalue weighted by Gasteiger charge is -2.34. The molecule has 0 unspecified atom stereocenters. The van der Waals surface area contributed by atoms with Crippen molar-refractivity contribution in [2.45, 2.75) is 32.4 Å². The largest absolute Gasteiger partial charge is 0.325 e. The number of carbonyl (C=O) groups excluding carboxylic acids is 1. The van der Waals surface area contributed by atoms with E-state index >= 15 is 0 Å². The number of halogens is 1. The van der Waals surface area contributed by atoms with Crippen LogP contribution in [-0.2, 0) is 4.79 Å². The Balaban J connectivity index is 1.49. The average molecular weight is 455 g/mol. The number of aliphatic imine (C=N–C) groups is 2. The molecular formula is C24H27ClN4OS. The van der Waals surface area contributed by atoms with E-state index in [1.807, 2.05) is 55.5 Å². The number of likely N-dealkylation sites (tertiary alicyclic amines) is 1.